The van der Waals surface area contributed by atoms with Crippen molar-refractivity contribution in [1.82, 2.24) is 20.5 Å². The molecule has 0 aliphatic carbocycles. The van der Waals surface area contributed by atoms with Crippen molar-refractivity contribution < 1.29 is 0 Å². The molecule has 2 heterocycles. The van der Waals surface area contributed by atoms with Crippen LogP contribution < -0.4 is 15.5 Å². The van der Waals surface area contributed by atoms with Gasteiger partial charge in [-0.3, -0.25) is 4.99 Å². The second kappa shape index (κ2) is 12.4. The van der Waals surface area contributed by atoms with E-state index in [4.69, 9.17) is 0 Å². The van der Waals surface area contributed by atoms with Crippen LogP contribution in [0.5, 0.6) is 0 Å². The molecular weight excluding hydrogens is 451 g/mol. The van der Waals surface area contributed by atoms with Gasteiger partial charge < -0.3 is 20.4 Å². The fourth-order valence-corrected chi connectivity index (χ4v) is 3.13. The number of guanidine groups is 1. The van der Waals surface area contributed by atoms with Gasteiger partial charge >= 0.3 is 0 Å². The smallest absolute Gasteiger partial charge is 0.191 e. The van der Waals surface area contributed by atoms with E-state index in [2.05, 4.69) is 64.3 Å². The lowest BCUT2D eigenvalue weighted by atomic mass is 10.0. The van der Waals surface area contributed by atoms with E-state index in [1.54, 1.807) is 0 Å². The molecule has 154 valence electrons. The molecule has 1 saturated heterocycles. The normalized spacial score (nSPS) is 16.8. The number of pyridine rings is 1. The van der Waals surface area contributed by atoms with Crippen LogP contribution in [0.15, 0.2) is 23.3 Å². The second-order valence-electron chi connectivity index (χ2n) is 7.72. The van der Waals surface area contributed by atoms with Gasteiger partial charge in [-0.05, 0) is 38.8 Å². The highest BCUT2D eigenvalue weighted by atomic mass is 127. The van der Waals surface area contributed by atoms with Gasteiger partial charge in [0.1, 0.15) is 5.82 Å². The van der Waals surface area contributed by atoms with Crippen LogP contribution >= 0.6 is 24.0 Å². The molecular formula is C20H37IN6. The number of piperazine rings is 1. The predicted octanol–water partition coefficient (Wildman–Crippen LogP) is 2.94. The molecule has 1 unspecified atom stereocenters. The number of aromatic nitrogens is 1. The number of anilines is 1. The van der Waals surface area contributed by atoms with Crippen LogP contribution in [0.1, 0.15) is 39.2 Å². The number of likely N-dealkylation sites (N-methyl/N-ethyl adjacent to an activating group) is 1. The van der Waals surface area contributed by atoms with Crippen molar-refractivity contribution in [2.45, 2.75) is 46.2 Å². The van der Waals surface area contributed by atoms with E-state index in [0.29, 0.717) is 6.04 Å². The number of hydrogen-bond acceptors (Lipinski definition) is 4. The maximum Gasteiger partial charge on any atom is 0.191 e. The van der Waals surface area contributed by atoms with Crippen molar-refractivity contribution >= 4 is 35.8 Å². The first-order valence-electron chi connectivity index (χ1n) is 9.84. The van der Waals surface area contributed by atoms with Gasteiger partial charge in [0.05, 0.1) is 0 Å². The summed E-state index contributed by atoms with van der Waals surface area (Å²) < 4.78 is 0. The Balaban J connectivity index is 0.00000364. The molecule has 1 fully saturated rings. The van der Waals surface area contributed by atoms with E-state index in [0.717, 1.165) is 56.8 Å². The van der Waals surface area contributed by atoms with Crippen molar-refractivity contribution in [3.63, 3.8) is 0 Å². The standard InChI is InChI=1S/C20H36N6.HI/c1-16(2)8-9-17(3)24-20(21-4)23-15-18-7-6-10-22-19(18)26-13-11-25(5)12-14-26;/h6-7,10,16-17H,8-9,11-15H2,1-5H3,(H2,21,23,24);1H. The van der Waals surface area contributed by atoms with Crippen LogP contribution in [-0.2, 0) is 6.54 Å². The molecule has 0 spiro atoms. The average molecular weight is 488 g/mol. The minimum atomic E-state index is 0. The summed E-state index contributed by atoms with van der Waals surface area (Å²) in [5.74, 6) is 2.68. The van der Waals surface area contributed by atoms with Crippen molar-refractivity contribution in [2.24, 2.45) is 10.9 Å². The zero-order chi connectivity index (χ0) is 18.9. The Bertz CT molecular complexity index is 569. The number of aliphatic imine (C=N–C) groups is 1. The first kappa shape index (κ1) is 23.9. The van der Waals surface area contributed by atoms with Crippen LogP contribution in [0.25, 0.3) is 0 Å². The Morgan fingerprint density at radius 2 is 1.89 bits per heavy atom. The number of halogens is 1. The second-order valence-corrected chi connectivity index (χ2v) is 7.72. The molecule has 27 heavy (non-hydrogen) atoms. The molecule has 7 heteroatoms. The summed E-state index contributed by atoms with van der Waals surface area (Å²) in [4.78, 5) is 13.8. The predicted molar refractivity (Wildman–Crippen MR) is 126 cm³/mol. The van der Waals surface area contributed by atoms with Gasteiger partial charge in [0.25, 0.3) is 0 Å². The number of hydrogen-bond donors (Lipinski definition) is 2. The van der Waals surface area contributed by atoms with Crippen molar-refractivity contribution in [3.05, 3.63) is 23.9 Å². The highest BCUT2D eigenvalue weighted by Crippen LogP contribution is 2.18. The van der Waals surface area contributed by atoms with Crippen LogP contribution in [0.4, 0.5) is 5.82 Å². The van der Waals surface area contributed by atoms with Gasteiger partial charge in [-0.25, -0.2) is 4.98 Å². The molecule has 1 aliphatic rings. The Hall–Kier alpha value is -1.09. The summed E-state index contributed by atoms with van der Waals surface area (Å²) in [6.45, 7) is 11.7. The molecule has 0 radical (unpaired) electrons. The van der Waals surface area contributed by atoms with Gasteiger partial charge in [0.15, 0.2) is 5.96 Å². The van der Waals surface area contributed by atoms with Crippen molar-refractivity contribution in [1.29, 1.82) is 0 Å². The molecule has 0 saturated carbocycles. The Labute approximate surface area is 182 Å². The average Bonchev–Trinajstić information content (AvgIpc) is 2.64. The molecule has 0 bridgehead atoms. The van der Waals surface area contributed by atoms with Crippen LogP contribution in [0, 0.1) is 5.92 Å². The van der Waals surface area contributed by atoms with E-state index < -0.39 is 0 Å². The summed E-state index contributed by atoms with van der Waals surface area (Å²) in [7, 11) is 4.00. The van der Waals surface area contributed by atoms with E-state index >= 15 is 0 Å². The van der Waals surface area contributed by atoms with Gasteiger partial charge in [0.2, 0.25) is 0 Å². The van der Waals surface area contributed by atoms with Gasteiger partial charge in [0, 0.05) is 57.6 Å². The summed E-state index contributed by atoms with van der Waals surface area (Å²) in [6.07, 6.45) is 4.26. The highest BCUT2D eigenvalue weighted by molar-refractivity contribution is 14.0. The molecule has 1 aliphatic heterocycles. The molecule has 1 atom stereocenters. The maximum atomic E-state index is 4.65. The number of rotatable bonds is 7. The first-order valence-corrected chi connectivity index (χ1v) is 9.84. The highest BCUT2D eigenvalue weighted by Gasteiger charge is 2.18. The van der Waals surface area contributed by atoms with Crippen molar-refractivity contribution in [2.75, 3.05) is 45.2 Å². The largest absolute Gasteiger partial charge is 0.354 e. The fraction of sp³-hybridized carbons (Fsp3) is 0.700. The Morgan fingerprint density at radius 3 is 2.52 bits per heavy atom. The molecule has 1 aromatic rings. The number of nitrogens with zero attached hydrogens (tertiary/aromatic N) is 4. The van der Waals surface area contributed by atoms with Crippen LogP contribution in [0.3, 0.4) is 0 Å². The maximum absolute atomic E-state index is 4.65. The molecule has 6 nitrogen and oxygen atoms in total. The van der Waals surface area contributed by atoms with E-state index in [1.807, 2.05) is 19.3 Å². The lowest BCUT2D eigenvalue weighted by Crippen LogP contribution is -2.45. The Morgan fingerprint density at radius 1 is 1.19 bits per heavy atom. The molecule has 1 aromatic heterocycles. The summed E-state index contributed by atoms with van der Waals surface area (Å²) >= 11 is 0. The lowest BCUT2D eigenvalue weighted by molar-refractivity contribution is 0.312. The molecule has 0 aromatic carbocycles. The van der Waals surface area contributed by atoms with E-state index in [-0.39, 0.29) is 24.0 Å². The third kappa shape index (κ3) is 8.21. The third-order valence-electron chi connectivity index (χ3n) is 4.90. The first-order chi connectivity index (χ1) is 12.5. The van der Waals surface area contributed by atoms with E-state index in [9.17, 15) is 0 Å². The minimum Gasteiger partial charge on any atom is -0.354 e. The molecule has 0 amide bonds. The fourth-order valence-electron chi connectivity index (χ4n) is 3.13. The topological polar surface area (TPSA) is 55.8 Å². The van der Waals surface area contributed by atoms with Gasteiger partial charge in [-0.2, -0.15) is 0 Å². The SMILES string of the molecule is CN=C(NCc1cccnc1N1CCN(C)CC1)NC(C)CCC(C)C.I. The number of nitrogens with one attached hydrogen (secondary N) is 2. The van der Waals surface area contributed by atoms with E-state index in [1.165, 1.54) is 12.0 Å². The molecule has 2 N–H and O–H groups in total. The zero-order valence-electron chi connectivity index (χ0n) is 17.5. The third-order valence-corrected chi connectivity index (χ3v) is 4.90. The van der Waals surface area contributed by atoms with Crippen LogP contribution in [-0.4, -0.2) is 62.2 Å². The monoisotopic (exact) mass is 488 g/mol. The van der Waals surface area contributed by atoms with Crippen molar-refractivity contribution in [3.8, 4) is 0 Å². The lowest BCUT2D eigenvalue weighted by Gasteiger charge is -2.34. The quantitative estimate of drug-likeness (QED) is 0.351. The van der Waals surface area contributed by atoms with Gasteiger partial charge in [-0.15, -0.1) is 24.0 Å². The summed E-state index contributed by atoms with van der Waals surface area (Å²) in [5.41, 5.74) is 1.22. The Kier molecular flexibility index (Phi) is 11.0. The summed E-state index contributed by atoms with van der Waals surface area (Å²) in [6, 6.07) is 4.58. The summed E-state index contributed by atoms with van der Waals surface area (Å²) in [5, 5.41) is 6.95. The van der Waals surface area contributed by atoms with Gasteiger partial charge in [-0.1, -0.05) is 19.9 Å². The molecule has 2 rings (SSSR count). The van der Waals surface area contributed by atoms with Crippen LogP contribution in [0.2, 0.25) is 0 Å². The minimum absolute atomic E-state index is 0. The zero-order valence-corrected chi connectivity index (χ0v) is 19.9.